The fraction of sp³-hybridized carbons (Fsp3) is 0.194. The molecule has 0 aromatic heterocycles. The summed E-state index contributed by atoms with van der Waals surface area (Å²) in [4.78, 5) is 15.0. The highest BCUT2D eigenvalue weighted by molar-refractivity contribution is 7.87. The summed E-state index contributed by atoms with van der Waals surface area (Å²) in [6, 6.07) is 24.1. The van der Waals surface area contributed by atoms with Gasteiger partial charge in [-0.15, -0.1) is 0 Å². The standard InChI is InChI=1S/C31H29F2NO4S/c1-31(2,3)25-10-8-24(9-11-25)30(35)34(20-22-4-12-26(32)13-5-22)21-23-6-16-28(17-7-23)38-39(36,37)29-18-14-27(33)15-19-29/h4-19H,20-21H2,1-3H3. The van der Waals surface area contributed by atoms with E-state index < -0.39 is 15.9 Å². The average molecular weight is 550 g/mol. The second kappa shape index (κ2) is 11.4. The zero-order valence-corrected chi connectivity index (χ0v) is 22.7. The maximum atomic E-state index is 13.5. The summed E-state index contributed by atoms with van der Waals surface area (Å²) in [7, 11) is -4.14. The van der Waals surface area contributed by atoms with Crippen LogP contribution < -0.4 is 4.18 Å². The Hall–Kier alpha value is -4.04. The third kappa shape index (κ3) is 7.29. The van der Waals surface area contributed by atoms with E-state index in [1.165, 1.54) is 24.3 Å². The molecule has 4 rings (SSSR count). The molecular weight excluding hydrogens is 520 g/mol. The molecule has 0 aliphatic rings. The fourth-order valence-corrected chi connectivity index (χ4v) is 4.88. The van der Waals surface area contributed by atoms with Gasteiger partial charge in [-0.25, -0.2) is 8.78 Å². The maximum absolute atomic E-state index is 13.5. The van der Waals surface area contributed by atoms with E-state index in [0.717, 1.165) is 41.0 Å². The Morgan fingerprint density at radius 2 is 1.18 bits per heavy atom. The first-order valence-corrected chi connectivity index (χ1v) is 13.7. The minimum atomic E-state index is -4.14. The van der Waals surface area contributed by atoms with E-state index in [1.807, 2.05) is 12.1 Å². The molecule has 0 bridgehead atoms. The van der Waals surface area contributed by atoms with E-state index in [0.29, 0.717) is 5.56 Å². The highest BCUT2D eigenvalue weighted by atomic mass is 32.2. The van der Waals surface area contributed by atoms with Crippen molar-refractivity contribution in [2.75, 3.05) is 0 Å². The zero-order valence-electron chi connectivity index (χ0n) is 21.9. The third-order valence-corrected chi connectivity index (χ3v) is 7.44. The van der Waals surface area contributed by atoms with Gasteiger partial charge in [0.15, 0.2) is 0 Å². The minimum Gasteiger partial charge on any atom is -0.379 e. The molecular formula is C31H29F2NO4S. The minimum absolute atomic E-state index is 0.0522. The van der Waals surface area contributed by atoms with Gasteiger partial charge in [0, 0.05) is 18.7 Å². The topological polar surface area (TPSA) is 63.7 Å². The first-order chi connectivity index (χ1) is 18.4. The van der Waals surface area contributed by atoms with Crippen molar-refractivity contribution in [2.24, 2.45) is 0 Å². The molecule has 4 aromatic carbocycles. The second-order valence-electron chi connectivity index (χ2n) is 10.3. The van der Waals surface area contributed by atoms with Gasteiger partial charge >= 0.3 is 10.1 Å². The number of halogens is 2. The van der Waals surface area contributed by atoms with Crippen LogP contribution in [-0.4, -0.2) is 19.2 Å². The van der Waals surface area contributed by atoms with Gasteiger partial charge < -0.3 is 9.08 Å². The lowest BCUT2D eigenvalue weighted by molar-refractivity contribution is 0.0730. The Bertz CT molecular complexity index is 1530. The molecule has 0 unspecified atom stereocenters. The summed E-state index contributed by atoms with van der Waals surface area (Å²) in [6.45, 7) is 6.77. The number of amides is 1. The van der Waals surface area contributed by atoms with Crippen LogP contribution in [0, 0.1) is 11.6 Å². The molecule has 0 aliphatic carbocycles. The van der Waals surface area contributed by atoms with Crippen molar-refractivity contribution >= 4 is 16.0 Å². The van der Waals surface area contributed by atoms with Crippen molar-refractivity contribution in [2.45, 2.75) is 44.2 Å². The second-order valence-corrected chi connectivity index (χ2v) is 11.8. The molecule has 39 heavy (non-hydrogen) atoms. The zero-order chi connectivity index (χ0) is 28.2. The van der Waals surface area contributed by atoms with E-state index in [1.54, 1.807) is 41.3 Å². The monoisotopic (exact) mass is 549 g/mol. The van der Waals surface area contributed by atoms with Crippen LogP contribution in [0.5, 0.6) is 5.75 Å². The molecule has 0 atom stereocenters. The lowest BCUT2D eigenvalue weighted by Gasteiger charge is -2.24. The first-order valence-electron chi connectivity index (χ1n) is 12.3. The van der Waals surface area contributed by atoms with Gasteiger partial charge in [-0.05, 0) is 82.8 Å². The molecule has 8 heteroatoms. The number of carbonyl (C=O) groups is 1. The van der Waals surface area contributed by atoms with Gasteiger partial charge in [-0.1, -0.05) is 57.2 Å². The Labute approximate surface area is 227 Å². The van der Waals surface area contributed by atoms with Crippen molar-refractivity contribution in [1.82, 2.24) is 4.90 Å². The largest absolute Gasteiger partial charge is 0.379 e. The van der Waals surface area contributed by atoms with Crippen LogP contribution in [0.1, 0.15) is 47.8 Å². The fourth-order valence-electron chi connectivity index (χ4n) is 3.95. The molecule has 0 heterocycles. The van der Waals surface area contributed by atoms with Gasteiger partial charge in [0.1, 0.15) is 22.3 Å². The Balaban J connectivity index is 1.54. The van der Waals surface area contributed by atoms with E-state index in [9.17, 15) is 22.0 Å². The van der Waals surface area contributed by atoms with Crippen LogP contribution in [0.3, 0.4) is 0 Å². The average Bonchev–Trinajstić information content (AvgIpc) is 2.90. The van der Waals surface area contributed by atoms with Crippen LogP contribution in [0.25, 0.3) is 0 Å². The Morgan fingerprint density at radius 1 is 0.718 bits per heavy atom. The van der Waals surface area contributed by atoms with Crippen molar-refractivity contribution in [3.8, 4) is 5.75 Å². The van der Waals surface area contributed by atoms with Gasteiger partial charge in [0.05, 0.1) is 0 Å². The van der Waals surface area contributed by atoms with Crippen molar-refractivity contribution in [1.29, 1.82) is 0 Å². The molecule has 0 aliphatic heterocycles. The smallest absolute Gasteiger partial charge is 0.339 e. The quantitative estimate of drug-likeness (QED) is 0.225. The highest BCUT2D eigenvalue weighted by Crippen LogP contribution is 2.24. The van der Waals surface area contributed by atoms with Crippen LogP contribution in [0.15, 0.2) is 102 Å². The molecule has 202 valence electrons. The van der Waals surface area contributed by atoms with Gasteiger partial charge in [-0.2, -0.15) is 8.42 Å². The van der Waals surface area contributed by atoms with E-state index in [4.69, 9.17) is 4.18 Å². The molecule has 0 radical (unpaired) electrons. The van der Waals surface area contributed by atoms with Crippen molar-refractivity contribution < 1.29 is 26.2 Å². The number of nitrogens with zero attached hydrogens (tertiary/aromatic N) is 1. The van der Waals surface area contributed by atoms with Gasteiger partial charge in [-0.3, -0.25) is 4.79 Å². The van der Waals surface area contributed by atoms with Crippen LogP contribution in [0.4, 0.5) is 8.78 Å². The van der Waals surface area contributed by atoms with Gasteiger partial charge in [0.25, 0.3) is 5.91 Å². The van der Waals surface area contributed by atoms with Crippen LogP contribution in [0.2, 0.25) is 0 Å². The summed E-state index contributed by atoms with van der Waals surface area (Å²) in [6.07, 6.45) is 0. The van der Waals surface area contributed by atoms with Crippen molar-refractivity contribution in [3.05, 3.63) is 131 Å². The lowest BCUT2D eigenvalue weighted by Crippen LogP contribution is -2.30. The SMILES string of the molecule is CC(C)(C)c1ccc(C(=O)N(Cc2ccc(F)cc2)Cc2ccc(OS(=O)(=O)c3ccc(F)cc3)cc2)cc1. The Kier molecular flexibility index (Phi) is 8.16. The molecule has 5 nitrogen and oxygen atoms in total. The van der Waals surface area contributed by atoms with E-state index in [2.05, 4.69) is 20.8 Å². The van der Waals surface area contributed by atoms with Crippen molar-refractivity contribution in [3.63, 3.8) is 0 Å². The highest BCUT2D eigenvalue weighted by Gasteiger charge is 2.20. The molecule has 0 saturated carbocycles. The molecule has 4 aromatic rings. The summed E-state index contributed by atoms with van der Waals surface area (Å²) in [5, 5.41) is 0. The predicted octanol–water partition coefficient (Wildman–Crippen LogP) is 6.87. The Morgan fingerprint density at radius 3 is 1.67 bits per heavy atom. The normalized spacial score (nSPS) is 11.7. The summed E-state index contributed by atoms with van der Waals surface area (Å²) in [5.41, 5.74) is 3.08. The third-order valence-electron chi connectivity index (χ3n) is 6.18. The molecule has 0 N–H and O–H groups in total. The predicted molar refractivity (Wildman–Crippen MR) is 146 cm³/mol. The molecule has 1 amide bonds. The molecule has 0 fully saturated rings. The first kappa shape index (κ1) is 28.0. The number of hydrogen-bond acceptors (Lipinski definition) is 4. The van der Waals surface area contributed by atoms with E-state index >= 15 is 0 Å². The number of carbonyl (C=O) groups excluding carboxylic acids is 1. The molecule has 0 saturated heterocycles. The number of benzene rings is 4. The number of rotatable bonds is 8. The number of hydrogen-bond donors (Lipinski definition) is 0. The lowest BCUT2D eigenvalue weighted by atomic mass is 9.86. The van der Waals surface area contributed by atoms with Gasteiger partial charge in [0.2, 0.25) is 0 Å². The van der Waals surface area contributed by atoms with Crippen LogP contribution >= 0.6 is 0 Å². The summed E-state index contributed by atoms with van der Waals surface area (Å²) >= 11 is 0. The van der Waals surface area contributed by atoms with Crippen LogP contribution in [-0.2, 0) is 28.6 Å². The maximum Gasteiger partial charge on any atom is 0.339 e. The summed E-state index contributed by atoms with van der Waals surface area (Å²) < 4.78 is 56.8. The van der Waals surface area contributed by atoms with E-state index in [-0.39, 0.29) is 40.9 Å². The summed E-state index contributed by atoms with van der Waals surface area (Å²) in [5.74, 6) is -1.03. The molecule has 0 spiro atoms.